The molecule has 0 spiro atoms. The Kier molecular flexibility index (Phi) is 5.58. The first-order valence-corrected chi connectivity index (χ1v) is 6.94. The first-order chi connectivity index (χ1) is 9.81. The number of piperazine rings is 1. The molecule has 1 aliphatic rings. The van der Waals surface area contributed by atoms with E-state index in [1.165, 1.54) is 0 Å². The highest BCUT2D eigenvalue weighted by atomic mass is 16.2. The van der Waals surface area contributed by atoms with Gasteiger partial charge in [0.2, 0.25) is 0 Å². The summed E-state index contributed by atoms with van der Waals surface area (Å²) in [6, 6.07) is 9.40. The fourth-order valence-corrected chi connectivity index (χ4v) is 2.19. The minimum absolute atomic E-state index is 0.0498. The number of rotatable bonds is 5. The van der Waals surface area contributed by atoms with E-state index in [-0.39, 0.29) is 12.5 Å². The highest BCUT2D eigenvalue weighted by molar-refractivity contribution is 6.03. The number of nitrogens with one attached hydrogen (secondary N) is 2. The van der Waals surface area contributed by atoms with Crippen molar-refractivity contribution in [2.24, 2.45) is 0 Å². The van der Waals surface area contributed by atoms with E-state index in [0.717, 1.165) is 31.9 Å². The van der Waals surface area contributed by atoms with E-state index in [1.54, 1.807) is 0 Å². The Bertz CT molecular complexity index is 453. The lowest BCUT2D eigenvalue weighted by Gasteiger charge is -2.31. The minimum atomic E-state index is -0.119. The summed E-state index contributed by atoms with van der Waals surface area (Å²) in [5.41, 5.74) is 1.42. The van der Waals surface area contributed by atoms with Crippen molar-refractivity contribution in [1.82, 2.24) is 10.2 Å². The predicted molar refractivity (Wildman–Crippen MR) is 79.3 cm³/mol. The van der Waals surface area contributed by atoms with Crippen LogP contribution in [-0.2, 0) is 4.79 Å². The smallest absolute Gasteiger partial charge is 0.271 e. The molecule has 0 radical (unpaired) electrons. The Morgan fingerprint density at radius 2 is 2.00 bits per heavy atom. The van der Waals surface area contributed by atoms with E-state index >= 15 is 0 Å². The number of para-hydroxylation sites is 1. The number of amides is 1. The average Bonchev–Trinajstić information content (AvgIpc) is 2.50. The number of benzene rings is 1. The van der Waals surface area contributed by atoms with Crippen LogP contribution in [0.1, 0.15) is 6.42 Å². The van der Waals surface area contributed by atoms with Crippen LogP contribution in [0, 0.1) is 0 Å². The minimum Gasteiger partial charge on any atom is -0.396 e. The first-order valence-electron chi connectivity index (χ1n) is 6.94. The SMILES string of the molecule is O=C(Nc1ccccc1)C(=CCCO)N1CCNCC1. The second-order valence-corrected chi connectivity index (χ2v) is 4.66. The zero-order valence-corrected chi connectivity index (χ0v) is 11.5. The zero-order chi connectivity index (χ0) is 14.2. The normalized spacial score (nSPS) is 16.1. The van der Waals surface area contributed by atoms with E-state index in [1.807, 2.05) is 36.4 Å². The maximum Gasteiger partial charge on any atom is 0.271 e. The van der Waals surface area contributed by atoms with Gasteiger partial charge in [-0.25, -0.2) is 0 Å². The number of carbonyl (C=O) groups excluding carboxylic acids is 1. The maximum absolute atomic E-state index is 12.4. The molecular formula is C15H21N3O2. The standard InChI is InChI=1S/C15H21N3O2/c19-12-4-7-14(18-10-8-16-9-11-18)15(20)17-13-5-2-1-3-6-13/h1-3,5-7,16,19H,4,8-12H2,(H,17,20). The number of nitrogens with zero attached hydrogens (tertiary/aromatic N) is 1. The number of hydrogen-bond donors (Lipinski definition) is 3. The van der Waals surface area contributed by atoms with Crippen LogP contribution >= 0.6 is 0 Å². The Labute approximate surface area is 119 Å². The van der Waals surface area contributed by atoms with Gasteiger partial charge in [0.25, 0.3) is 5.91 Å². The van der Waals surface area contributed by atoms with Crippen molar-refractivity contribution in [3.8, 4) is 0 Å². The van der Waals surface area contributed by atoms with Crippen molar-refractivity contribution in [1.29, 1.82) is 0 Å². The summed E-state index contributed by atoms with van der Waals surface area (Å²) in [6.07, 6.45) is 2.30. The van der Waals surface area contributed by atoms with Crippen LogP contribution < -0.4 is 10.6 Å². The Morgan fingerprint density at radius 1 is 1.30 bits per heavy atom. The van der Waals surface area contributed by atoms with Crippen LogP contribution in [-0.4, -0.2) is 48.7 Å². The number of hydrogen-bond acceptors (Lipinski definition) is 4. The lowest BCUT2D eigenvalue weighted by Crippen LogP contribution is -2.45. The molecule has 0 bridgehead atoms. The van der Waals surface area contributed by atoms with Crippen molar-refractivity contribution in [3.63, 3.8) is 0 Å². The molecule has 1 heterocycles. The highest BCUT2D eigenvalue weighted by Gasteiger charge is 2.19. The van der Waals surface area contributed by atoms with Crippen LogP contribution in [0.5, 0.6) is 0 Å². The van der Waals surface area contributed by atoms with Gasteiger partial charge in [-0.1, -0.05) is 24.3 Å². The molecular weight excluding hydrogens is 254 g/mol. The molecule has 1 aliphatic heterocycles. The summed E-state index contributed by atoms with van der Waals surface area (Å²) in [7, 11) is 0. The van der Waals surface area contributed by atoms with Gasteiger partial charge in [0, 0.05) is 38.5 Å². The number of aliphatic hydroxyl groups is 1. The van der Waals surface area contributed by atoms with E-state index in [4.69, 9.17) is 5.11 Å². The number of carbonyl (C=O) groups is 1. The van der Waals surface area contributed by atoms with Crippen LogP contribution in [0.25, 0.3) is 0 Å². The fraction of sp³-hybridized carbons (Fsp3) is 0.400. The third kappa shape index (κ3) is 4.08. The summed E-state index contributed by atoms with van der Waals surface area (Å²) >= 11 is 0. The Morgan fingerprint density at radius 3 is 2.65 bits per heavy atom. The third-order valence-electron chi connectivity index (χ3n) is 3.19. The second kappa shape index (κ2) is 7.67. The molecule has 1 aromatic carbocycles. The van der Waals surface area contributed by atoms with Gasteiger partial charge in [0.05, 0.1) is 5.70 Å². The molecule has 0 aromatic heterocycles. The quantitative estimate of drug-likeness (QED) is 0.695. The molecule has 0 unspecified atom stereocenters. The molecule has 0 aliphatic carbocycles. The van der Waals surface area contributed by atoms with Crippen molar-refractivity contribution in [3.05, 3.63) is 42.1 Å². The summed E-state index contributed by atoms with van der Waals surface area (Å²) in [5, 5.41) is 15.1. The lowest BCUT2D eigenvalue weighted by atomic mass is 10.2. The Hall–Kier alpha value is -1.85. The van der Waals surface area contributed by atoms with E-state index in [9.17, 15) is 4.79 Å². The van der Waals surface area contributed by atoms with Crippen molar-refractivity contribution >= 4 is 11.6 Å². The number of aliphatic hydroxyl groups excluding tert-OH is 1. The molecule has 0 saturated carbocycles. The van der Waals surface area contributed by atoms with Crippen molar-refractivity contribution in [2.75, 3.05) is 38.1 Å². The third-order valence-corrected chi connectivity index (χ3v) is 3.19. The number of anilines is 1. The molecule has 20 heavy (non-hydrogen) atoms. The fourth-order valence-electron chi connectivity index (χ4n) is 2.19. The van der Waals surface area contributed by atoms with Gasteiger partial charge >= 0.3 is 0 Å². The van der Waals surface area contributed by atoms with Crippen LogP contribution in [0.15, 0.2) is 42.1 Å². The largest absolute Gasteiger partial charge is 0.396 e. The Balaban J connectivity index is 2.07. The van der Waals surface area contributed by atoms with Gasteiger partial charge in [0.15, 0.2) is 0 Å². The zero-order valence-electron chi connectivity index (χ0n) is 11.5. The van der Waals surface area contributed by atoms with E-state index in [0.29, 0.717) is 12.1 Å². The van der Waals surface area contributed by atoms with Gasteiger partial charge in [-0.15, -0.1) is 0 Å². The monoisotopic (exact) mass is 275 g/mol. The van der Waals surface area contributed by atoms with Gasteiger partial charge in [-0.2, -0.15) is 0 Å². The van der Waals surface area contributed by atoms with Gasteiger partial charge in [0.1, 0.15) is 0 Å². The topological polar surface area (TPSA) is 64.6 Å². The summed E-state index contributed by atoms with van der Waals surface area (Å²) in [5.74, 6) is -0.119. The predicted octanol–water partition coefficient (Wildman–Crippen LogP) is 0.797. The lowest BCUT2D eigenvalue weighted by molar-refractivity contribution is -0.114. The molecule has 108 valence electrons. The first kappa shape index (κ1) is 14.6. The van der Waals surface area contributed by atoms with Crippen molar-refractivity contribution in [2.45, 2.75) is 6.42 Å². The highest BCUT2D eigenvalue weighted by Crippen LogP contribution is 2.12. The molecule has 5 heteroatoms. The van der Waals surface area contributed by atoms with Gasteiger partial charge in [-0.05, 0) is 18.6 Å². The molecule has 2 rings (SSSR count). The van der Waals surface area contributed by atoms with Gasteiger partial charge in [-0.3, -0.25) is 4.79 Å². The molecule has 0 atom stereocenters. The van der Waals surface area contributed by atoms with Gasteiger partial charge < -0.3 is 20.6 Å². The molecule has 1 aromatic rings. The molecule has 1 fully saturated rings. The summed E-state index contributed by atoms with van der Waals surface area (Å²) in [6.45, 7) is 3.40. The molecule has 5 nitrogen and oxygen atoms in total. The molecule has 1 amide bonds. The van der Waals surface area contributed by atoms with Crippen LogP contribution in [0.3, 0.4) is 0 Å². The average molecular weight is 275 g/mol. The van der Waals surface area contributed by atoms with Crippen LogP contribution in [0.2, 0.25) is 0 Å². The van der Waals surface area contributed by atoms with Crippen molar-refractivity contribution < 1.29 is 9.90 Å². The van der Waals surface area contributed by atoms with Crippen LogP contribution in [0.4, 0.5) is 5.69 Å². The van der Waals surface area contributed by atoms with E-state index in [2.05, 4.69) is 15.5 Å². The maximum atomic E-state index is 12.4. The molecule has 3 N–H and O–H groups in total. The van der Waals surface area contributed by atoms with E-state index < -0.39 is 0 Å². The summed E-state index contributed by atoms with van der Waals surface area (Å²) < 4.78 is 0. The second-order valence-electron chi connectivity index (χ2n) is 4.66. The molecule has 1 saturated heterocycles. The summed E-state index contributed by atoms with van der Waals surface area (Å²) in [4.78, 5) is 14.5.